The lowest BCUT2D eigenvalue weighted by molar-refractivity contribution is -0.122. The average Bonchev–Trinajstić information content (AvgIpc) is 3.45. The van der Waals surface area contributed by atoms with Gasteiger partial charge >= 0.3 is 0 Å². The second-order valence-electron chi connectivity index (χ2n) is 9.61. The van der Waals surface area contributed by atoms with Crippen LogP contribution in [0.1, 0.15) is 12.8 Å². The Hall–Kier alpha value is -1.95. The molecule has 0 aromatic heterocycles. The van der Waals surface area contributed by atoms with Crippen LogP contribution in [-0.2, 0) is 14.8 Å². The third-order valence-corrected chi connectivity index (χ3v) is 10.2. The van der Waals surface area contributed by atoms with Gasteiger partial charge < -0.3 is 0 Å². The number of nitrogens with zero attached hydrogens (tertiary/aromatic N) is 1. The minimum absolute atomic E-state index is 0.242. The summed E-state index contributed by atoms with van der Waals surface area (Å²) >= 11 is 0. The average molecular weight is 394 g/mol. The van der Waals surface area contributed by atoms with Gasteiger partial charge in [-0.25, -0.2) is 4.83 Å². The first-order valence-corrected chi connectivity index (χ1v) is 11.9. The van der Waals surface area contributed by atoms with Crippen molar-refractivity contribution >= 4 is 21.5 Å². The topological polar surface area (TPSA) is 75.6 Å². The van der Waals surface area contributed by atoms with Crippen LogP contribution < -0.4 is 4.83 Å². The molecular weight excluding hydrogens is 372 g/mol. The summed E-state index contributed by atoms with van der Waals surface area (Å²) in [6.07, 6.45) is 6.24. The van der Waals surface area contributed by atoms with E-state index < -0.39 is 10.0 Å². The highest BCUT2D eigenvalue weighted by molar-refractivity contribution is 7.89. The number of Topliss-reactive ketones (excluding diaryl/α,β-unsaturated/α-hetero) is 1. The molecule has 0 heterocycles. The molecule has 10 atom stereocenters. The van der Waals surface area contributed by atoms with Gasteiger partial charge in [0.05, 0.1) is 4.90 Å². The van der Waals surface area contributed by atoms with Crippen molar-refractivity contribution in [3.05, 3.63) is 42.5 Å². The number of benzene rings is 1. The number of ketones is 1. The molecule has 144 valence electrons. The molecule has 0 radical (unpaired) electrons. The van der Waals surface area contributed by atoms with Crippen LogP contribution in [0.2, 0.25) is 0 Å². The first-order chi connectivity index (χ1) is 13.6. The van der Waals surface area contributed by atoms with E-state index in [9.17, 15) is 13.2 Å². The predicted octanol–water partition coefficient (Wildman–Crippen LogP) is 2.47. The van der Waals surface area contributed by atoms with Crippen LogP contribution in [-0.4, -0.2) is 19.9 Å². The molecule has 0 bridgehead atoms. The highest BCUT2D eigenvalue weighted by atomic mass is 32.2. The van der Waals surface area contributed by atoms with E-state index in [1.165, 1.54) is 0 Å². The van der Waals surface area contributed by atoms with Gasteiger partial charge in [0, 0.05) is 24.0 Å². The lowest BCUT2D eigenvalue weighted by Crippen LogP contribution is -2.26. The summed E-state index contributed by atoms with van der Waals surface area (Å²) in [6, 6.07) is 8.42. The maximum Gasteiger partial charge on any atom is 0.276 e. The van der Waals surface area contributed by atoms with Gasteiger partial charge in [-0.1, -0.05) is 30.4 Å². The van der Waals surface area contributed by atoms with E-state index in [2.05, 4.69) is 22.1 Å². The molecule has 6 heteroatoms. The molecule has 1 N–H and O–H groups in total. The van der Waals surface area contributed by atoms with Crippen molar-refractivity contribution < 1.29 is 13.2 Å². The molecule has 5 nitrogen and oxygen atoms in total. The van der Waals surface area contributed by atoms with E-state index in [1.807, 2.05) is 0 Å². The number of fused-ring (bicyclic) bond motifs is 3. The van der Waals surface area contributed by atoms with Crippen LogP contribution in [0.4, 0.5) is 0 Å². The molecule has 0 amide bonds. The van der Waals surface area contributed by atoms with Crippen LogP contribution >= 0.6 is 0 Å². The zero-order valence-electron chi connectivity index (χ0n) is 15.3. The van der Waals surface area contributed by atoms with Crippen molar-refractivity contribution in [2.75, 3.05) is 0 Å². The second kappa shape index (κ2) is 4.96. The van der Waals surface area contributed by atoms with Crippen LogP contribution in [0, 0.1) is 59.2 Å². The molecule has 6 aliphatic carbocycles. The van der Waals surface area contributed by atoms with E-state index in [0.29, 0.717) is 59.0 Å². The highest BCUT2D eigenvalue weighted by Gasteiger charge is 2.76. The minimum Gasteiger partial charge on any atom is -0.299 e. The second-order valence-corrected chi connectivity index (χ2v) is 11.3. The third-order valence-electron chi connectivity index (χ3n) is 8.98. The SMILES string of the molecule is O=C1C[C@@H]2[C@@H]3C/C(=N/NS(=O)(=O)c4ccccc4)[C@@H]4[C@@H]5C=C[C@@H]6[C@@H]1[C@@H]2[C@H]([C@@H]65)[C@@H]34. The molecule has 28 heavy (non-hydrogen) atoms. The van der Waals surface area contributed by atoms with E-state index in [4.69, 9.17) is 0 Å². The van der Waals surface area contributed by atoms with Gasteiger partial charge in [0.25, 0.3) is 10.0 Å². The van der Waals surface area contributed by atoms with Crippen molar-refractivity contribution in [2.45, 2.75) is 17.7 Å². The van der Waals surface area contributed by atoms with Crippen molar-refractivity contribution in [2.24, 2.45) is 64.3 Å². The zero-order valence-corrected chi connectivity index (χ0v) is 16.1. The fourth-order valence-electron chi connectivity index (χ4n) is 8.52. The summed E-state index contributed by atoms with van der Waals surface area (Å²) in [7, 11) is -3.64. The number of hydrogen-bond acceptors (Lipinski definition) is 4. The molecule has 0 aliphatic heterocycles. The van der Waals surface area contributed by atoms with Crippen LogP contribution in [0.3, 0.4) is 0 Å². The maximum absolute atomic E-state index is 12.7. The van der Waals surface area contributed by atoms with Crippen molar-refractivity contribution in [1.82, 2.24) is 4.83 Å². The van der Waals surface area contributed by atoms with Gasteiger partial charge in [-0.2, -0.15) is 13.5 Å². The van der Waals surface area contributed by atoms with E-state index in [0.717, 1.165) is 18.6 Å². The number of hydrogen-bond donors (Lipinski definition) is 1. The lowest BCUT2D eigenvalue weighted by atomic mass is 9.83. The molecule has 1 aromatic carbocycles. The number of rotatable bonds is 3. The van der Waals surface area contributed by atoms with Gasteiger partial charge in [0.1, 0.15) is 5.78 Å². The summed E-state index contributed by atoms with van der Waals surface area (Å²) in [6.45, 7) is 0. The fourth-order valence-corrected chi connectivity index (χ4v) is 9.38. The summed E-state index contributed by atoms with van der Waals surface area (Å²) in [5.74, 6) is 5.50. The Morgan fingerprint density at radius 3 is 2.32 bits per heavy atom. The molecule has 1 aromatic rings. The summed E-state index contributed by atoms with van der Waals surface area (Å²) in [5, 5.41) is 4.49. The maximum atomic E-state index is 12.7. The van der Waals surface area contributed by atoms with Gasteiger partial charge in [-0.15, -0.1) is 0 Å². The highest BCUT2D eigenvalue weighted by Crippen LogP contribution is 2.77. The Morgan fingerprint density at radius 1 is 0.857 bits per heavy atom. The number of hydrazone groups is 1. The number of sulfonamides is 1. The Bertz CT molecular complexity index is 1060. The molecule has 5 fully saturated rings. The van der Waals surface area contributed by atoms with E-state index in [-0.39, 0.29) is 10.8 Å². The molecule has 0 unspecified atom stereocenters. The number of nitrogens with one attached hydrogen (secondary N) is 1. The van der Waals surface area contributed by atoms with Gasteiger partial charge in [-0.3, -0.25) is 4.79 Å². The monoisotopic (exact) mass is 394 g/mol. The minimum atomic E-state index is -3.64. The Balaban J connectivity index is 1.26. The molecule has 0 saturated heterocycles. The number of carbonyl (C=O) groups is 1. The van der Waals surface area contributed by atoms with Crippen LogP contribution in [0.15, 0.2) is 52.5 Å². The Morgan fingerprint density at radius 2 is 1.54 bits per heavy atom. The Kier molecular flexibility index (Phi) is 2.82. The van der Waals surface area contributed by atoms with Gasteiger partial charge in [0.2, 0.25) is 0 Å². The Labute approximate surface area is 164 Å². The van der Waals surface area contributed by atoms with E-state index >= 15 is 0 Å². The molecule has 0 spiro atoms. The summed E-state index contributed by atoms with van der Waals surface area (Å²) in [5.41, 5.74) is 1.02. The quantitative estimate of drug-likeness (QED) is 0.632. The lowest BCUT2D eigenvalue weighted by Gasteiger charge is -2.21. The smallest absolute Gasteiger partial charge is 0.276 e. The standard InChI is InChI=1S/C22H22N2O3S/c25-16-9-14-13-8-15(23-24-28(26,27)10-4-2-1-3-5-10)18-11-6-7-12-17(11)22(20(13)18)21(14)19(12)16/h1-7,11-14,17-22,24H,8-9H2/b23-15-/t11-,12+,13+,14-,17-,18+,19+,20+,21-,22-/m1/s1. The van der Waals surface area contributed by atoms with E-state index in [1.54, 1.807) is 30.3 Å². The van der Waals surface area contributed by atoms with Crippen LogP contribution in [0.25, 0.3) is 0 Å². The number of carbonyl (C=O) groups excluding carboxylic acids is 1. The molecule has 5 saturated carbocycles. The molecule has 7 rings (SSSR count). The third kappa shape index (κ3) is 1.69. The first kappa shape index (κ1) is 15.9. The predicted molar refractivity (Wildman–Crippen MR) is 102 cm³/mol. The van der Waals surface area contributed by atoms with Crippen molar-refractivity contribution in [3.63, 3.8) is 0 Å². The van der Waals surface area contributed by atoms with Gasteiger partial charge in [-0.05, 0) is 65.9 Å². The first-order valence-electron chi connectivity index (χ1n) is 10.4. The normalized spacial score (nSPS) is 50.1. The largest absolute Gasteiger partial charge is 0.299 e. The molecular formula is C22H22N2O3S. The van der Waals surface area contributed by atoms with Crippen molar-refractivity contribution in [3.8, 4) is 0 Å². The zero-order chi connectivity index (χ0) is 18.8. The molecule has 6 aliphatic rings. The number of allylic oxidation sites excluding steroid dienone is 2. The van der Waals surface area contributed by atoms with Gasteiger partial charge in [0.15, 0.2) is 0 Å². The summed E-state index contributed by atoms with van der Waals surface area (Å²) in [4.78, 5) is 15.5. The fraction of sp³-hybridized carbons (Fsp3) is 0.545. The summed E-state index contributed by atoms with van der Waals surface area (Å²) < 4.78 is 25.2. The van der Waals surface area contributed by atoms with Crippen LogP contribution in [0.5, 0.6) is 0 Å². The van der Waals surface area contributed by atoms with Crippen molar-refractivity contribution in [1.29, 1.82) is 0 Å².